The second-order valence-electron chi connectivity index (χ2n) is 6.56. The molecule has 0 saturated carbocycles. The Morgan fingerprint density at radius 3 is 2.82 bits per heavy atom. The van der Waals surface area contributed by atoms with Crippen LogP contribution in [0.1, 0.15) is 39.5 Å². The van der Waals surface area contributed by atoms with Crippen LogP contribution in [0.5, 0.6) is 0 Å². The number of likely N-dealkylation sites (tertiary alicyclic amines) is 1. The molecule has 0 amide bonds. The smallest absolute Gasteiger partial charge is 0.193 e. The molecule has 0 aromatic heterocycles. The van der Waals surface area contributed by atoms with Crippen LogP contribution in [0.3, 0.4) is 0 Å². The first kappa shape index (κ1) is 17.5. The summed E-state index contributed by atoms with van der Waals surface area (Å²) in [5.74, 6) is 2.54. The lowest BCUT2D eigenvalue weighted by atomic mass is 10.00. The van der Waals surface area contributed by atoms with E-state index in [0.717, 1.165) is 77.3 Å². The monoisotopic (exact) mass is 311 g/mol. The second kappa shape index (κ2) is 10.1. The number of piperidine rings is 1. The lowest BCUT2D eigenvalue weighted by Gasteiger charge is -2.33. The Balaban J connectivity index is 1.62. The Morgan fingerprint density at radius 1 is 1.32 bits per heavy atom. The van der Waals surface area contributed by atoms with Crippen LogP contribution < -0.4 is 5.32 Å². The van der Waals surface area contributed by atoms with Crippen molar-refractivity contribution in [1.82, 2.24) is 10.2 Å². The fourth-order valence-electron chi connectivity index (χ4n) is 2.96. The van der Waals surface area contributed by atoms with Gasteiger partial charge < -0.3 is 19.7 Å². The first-order valence-electron chi connectivity index (χ1n) is 8.98. The minimum Gasteiger partial charge on any atom is -0.381 e. The predicted molar refractivity (Wildman–Crippen MR) is 90.3 cm³/mol. The number of guanidine groups is 1. The maximum Gasteiger partial charge on any atom is 0.193 e. The molecule has 128 valence electrons. The van der Waals surface area contributed by atoms with Crippen molar-refractivity contribution in [2.24, 2.45) is 16.8 Å². The molecule has 0 bridgehead atoms. The second-order valence-corrected chi connectivity index (χ2v) is 6.56. The lowest BCUT2D eigenvalue weighted by molar-refractivity contribution is 0.0893. The quantitative estimate of drug-likeness (QED) is 0.444. The highest BCUT2D eigenvalue weighted by Crippen LogP contribution is 2.16. The molecule has 5 nitrogen and oxygen atoms in total. The number of nitrogens with zero attached hydrogens (tertiary/aromatic N) is 2. The van der Waals surface area contributed by atoms with Crippen molar-refractivity contribution in [2.45, 2.75) is 39.5 Å². The molecule has 2 aliphatic rings. The summed E-state index contributed by atoms with van der Waals surface area (Å²) in [7, 11) is 0. The zero-order valence-electron chi connectivity index (χ0n) is 14.4. The van der Waals surface area contributed by atoms with Crippen molar-refractivity contribution in [3.63, 3.8) is 0 Å². The van der Waals surface area contributed by atoms with Gasteiger partial charge in [0.2, 0.25) is 0 Å². The zero-order valence-corrected chi connectivity index (χ0v) is 14.4. The molecular formula is C17H33N3O2. The molecule has 2 fully saturated rings. The van der Waals surface area contributed by atoms with Gasteiger partial charge in [-0.2, -0.15) is 0 Å². The van der Waals surface area contributed by atoms with E-state index >= 15 is 0 Å². The molecule has 1 atom stereocenters. The van der Waals surface area contributed by atoms with Crippen LogP contribution in [0.4, 0.5) is 0 Å². The van der Waals surface area contributed by atoms with E-state index in [-0.39, 0.29) is 0 Å². The van der Waals surface area contributed by atoms with Crippen LogP contribution in [-0.4, -0.2) is 63.5 Å². The number of rotatable bonds is 7. The standard InChI is InChI=1S/C17H33N3O2/c1-3-18-17(20-9-5-15(2)6-10-20)19-8-4-11-21-13-16-7-12-22-14-16/h15-16H,3-14H2,1-2H3,(H,18,19). The number of hydrogen-bond donors (Lipinski definition) is 1. The number of aliphatic imine (C=N–C) groups is 1. The number of ether oxygens (including phenoxy) is 2. The highest BCUT2D eigenvalue weighted by Gasteiger charge is 2.18. The highest BCUT2D eigenvalue weighted by atomic mass is 16.5. The molecular weight excluding hydrogens is 278 g/mol. The largest absolute Gasteiger partial charge is 0.381 e. The molecule has 0 radical (unpaired) electrons. The van der Waals surface area contributed by atoms with Gasteiger partial charge in [-0.15, -0.1) is 0 Å². The summed E-state index contributed by atoms with van der Waals surface area (Å²) in [6.07, 6.45) is 4.69. The van der Waals surface area contributed by atoms with Gasteiger partial charge >= 0.3 is 0 Å². The van der Waals surface area contributed by atoms with E-state index in [1.807, 2.05) is 0 Å². The number of hydrogen-bond acceptors (Lipinski definition) is 3. The Kier molecular flexibility index (Phi) is 8.02. The molecule has 2 heterocycles. The van der Waals surface area contributed by atoms with Crippen molar-refractivity contribution in [3.8, 4) is 0 Å². The predicted octanol–water partition coefficient (Wildman–Crippen LogP) is 2.13. The third-order valence-electron chi connectivity index (χ3n) is 4.50. The van der Waals surface area contributed by atoms with E-state index in [2.05, 4.69) is 24.1 Å². The molecule has 1 unspecified atom stereocenters. The minimum atomic E-state index is 0.608. The summed E-state index contributed by atoms with van der Waals surface area (Å²) < 4.78 is 11.1. The molecule has 0 aromatic rings. The summed E-state index contributed by atoms with van der Waals surface area (Å²) in [4.78, 5) is 7.16. The third-order valence-corrected chi connectivity index (χ3v) is 4.50. The normalized spacial score (nSPS) is 24.0. The van der Waals surface area contributed by atoms with E-state index in [0.29, 0.717) is 5.92 Å². The maximum absolute atomic E-state index is 5.74. The highest BCUT2D eigenvalue weighted by molar-refractivity contribution is 5.80. The van der Waals surface area contributed by atoms with Crippen LogP contribution in [0, 0.1) is 11.8 Å². The van der Waals surface area contributed by atoms with Gasteiger partial charge in [0.25, 0.3) is 0 Å². The number of nitrogens with one attached hydrogen (secondary N) is 1. The maximum atomic E-state index is 5.74. The van der Waals surface area contributed by atoms with Gasteiger partial charge in [0.15, 0.2) is 5.96 Å². The fraction of sp³-hybridized carbons (Fsp3) is 0.941. The van der Waals surface area contributed by atoms with E-state index in [4.69, 9.17) is 14.5 Å². The van der Waals surface area contributed by atoms with Gasteiger partial charge in [0.1, 0.15) is 0 Å². The van der Waals surface area contributed by atoms with Crippen molar-refractivity contribution < 1.29 is 9.47 Å². The van der Waals surface area contributed by atoms with Gasteiger partial charge in [-0.05, 0) is 38.5 Å². The van der Waals surface area contributed by atoms with E-state index in [1.165, 1.54) is 12.8 Å². The van der Waals surface area contributed by atoms with Gasteiger partial charge in [-0.3, -0.25) is 4.99 Å². The van der Waals surface area contributed by atoms with Crippen molar-refractivity contribution in [2.75, 3.05) is 52.6 Å². The molecule has 2 saturated heterocycles. The zero-order chi connectivity index (χ0) is 15.6. The Bertz CT molecular complexity index is 322. The molecule has 2 rings (SSSR count). The summed E-state index contributed by atoms with van der Waals surface area (Å²) >= 11 is 0. The van der Waals surface area contributed by atoms with Crippen molar-refractivity contribution in [1.29, 1.82) is 0 Å². The Morgan fingerprint density at radius 2 is 2.14 bits per heavy atom. The van der Waals surface area contributed by atoms with Crippen molar-refractivity contribution in [3.05, 3.63) is 0 Å². The fourth-order valence-corrected chi connectivity index (χ4v) is 2.96. The van der Waals surface area contributed by atoms with Gasteiger partial charge in [-0.1, -0.05) is 6.92 Å². The van der Waals surface area contributed by atoms with Crippen LogP contribution in [0.15, 0.2) is 4.99 Å². The van der Waals surface area contributed by atoms with Gasteiger partial charge in [-0.25, -0.2) is 0 Å². The van der Waals surface area contributed by atoms with Crippen LogP contribution in [0.25, 0.3) is 0 Å². The molecule has 2 aliphatic heterocycles. The molecule has 0 spiro atoms. The molecule has 0 aliphatic carbocycles. The SMILES string of the molecule is CCNC(=NCCCOCC1CCOC1)N1CCC(C)CC1. The summed E-state index contributed by atoms with van der Waals surface area (Å²) in [6.45, 7) is 11.9. The molecule has 22 heavy (non-hydrogen) atoms. The minimum absolute atomic E-state index is 0.608. The van der Waals surface area contributed by atoms with Gasteiger partial charge in [0.05, 0.1) is 13.2 Å². The third kappa shape index (κ3) is 6.13. The summed E-state index contributed by atoms with van der Waals surface area (Å²) in [5, 5.41) is 3.42. The summed E-state index contributed by atoms with van der Waals surface area (Å²) in [5.41, 5.74) is 0. The first-order valence-corrected chi connectivity index (χ1v) is 8.98. The summed E-state index contributed by atoms with van der Waals surface area (Å²) in [6, 6.07) is 0. The Labute approximate surface area is 135 Å². The van der Waals surface area contributed by atoms with Gasteiger partial charge in [0, 0.05) is 45.3 Å². The molecule has 5 heteroatoms. The molecule has 1 N–H and O–H groups in total. The average Bonchev–Trinajstić information content (AvgIpc) is 3.04. The van der Waals surface area contributed by atoms with E-state index in [1.54, 1.807) is 0 Å². The van der Waals surface area contributed by atoms with Crippen LogP contribution >= 0.6 is 0 Å². The van der Waals surface area contributed by atoms with Crippen LogP contribution in [-0.2, 0) is 9.47 Å². The van der Waals surface area contributed by atoms with Crippen molar-refractivity contribution >= 4 is 5.96 Å². The molecule has 0 aromatic carbocycles. The Hall–Kier alpha value is -0.810. The first-order chi connectivity index (χ1) is 10.8. The van der Waals surface area contributed by atoms with Crippen LogP contribution in [0.2, 0.25) is 0 Å². The topological polar surface area (TPSA) is 46.1 Å². The lowest BCUT2D eigenvalue weighted by Crippen LogP contribution is -2.45. The average molecular weight is 311 g/mol. The van der Waals surface area contributed by atoms with E-state index < -0.39 is 0 Å². The van der Waals surface area contributed by atoms with E-state index in [9.17, 15) is 0 Å².